The number of methoxy groups -OCH3 is 1. The van der Waals surface area contributed by atoms with Gasteiger partial charge in [-0.25, -0.2) is 0 Å². The van der Waals surface area contributed by atoms with Crippen molar-refractivity contribution in [2.75, 3.05) is 25.1 Å². The molecule has 1 rings (SSSR count). The second kappa shape index (κ2) is 6.03. The van der Waals surface area contributed by atoms with Gasteiger partial charge >= 0.3 is 0 Å². The molecule has 96 valence electrons. The van der Waals surface area contributed by atoms with Crippen molar-refractivity contribution in [3.8, 4) is 0 Å². The van der Waals surface area contributed by atoms with Crippen LogP contribution < -0.4 is 10.6 Å². The molecule has 0 aromatic heterocycles. The smallest absolute Gasteiger partial charge is 0.0790 e. The lowest BCUT2D eigenvalue weighted by Gasteiger charge is -2.35. The van der Waals surface area contributed by atoms with E-state index >= 15 is 0 Å². The maximum atomic E-state index is 6.21. The number of benzene rings is 1. The zero-order valence-electron chi connectivity index (χ0n) is 11.3. The highest BCUT2D eigenvalue weighted by molar-refractivity contribution is 5.46. The molecule has 0 bridgehead atoms. The van der Waals surface area contributed by atoms with Gasteiger partial charge in [0.15, 0.2) is 0 Å². The summed E-state index contributed by atoms with van der Waals surface area (Å²) < 4.78 is 5.43. The van der Waals surface area contributed by atoms with Crippen LogP contribution >= 0.6 is 0 Å². The molecule has 2 N–H and O–H groups in total. The van der Waals surface area contributed by atoms with Gasteiger partial charge < -0.3 is 15.4 Å². The van der Waals surface area contributed by atoms with E-state index < -0.39 is 0 Å². The molecule has 0 fully saturated rings. The molecule has 0 aliphatic rings. The number of hydrogen-bond acceptors (Lipinski definition) is 3. The zero-order valence-corrected chi connectivity index (χ0v) is 11.3. The van der Waals surface area contributed by atoms with E-state index in [-0.39, 0.29) is 11.6 Å². The van der Waals surface area contributed by atoms with Gasteiger partial charge in [-0.1, -0.05) is 18.2 Å². The van der Waals surface area contributed by atoms with Crippen molar-refractivity contribution >= 4 is 5.69 Å². The van der Waals surface area contributed by atoms with Crippen molar-refractivity contribution in [1.82, 2.24) is 0 Å². The third-order valence-corrected chi connectivity index (χ3v) is 3.34. The zero-order chi connectivity index (χ0) is 12.9. The Labute approximate surface area is 105 Å². The fraction of sp³-hybridized carbons (Fsp3) is 0.571. The van der Waals surface area contributed by atoms with Gasteiger partial charge in [0.25, 0.3) is 0 Å². The van der Waals surface area contributed by atoms with Gasteiger partial charge in [-0.2, -0.15) is 0 Å². The topological polar surface area (TPSA) is 38.5 Å². The molecule has 0 radical (unpaired) electrons. The minimum absolute atomic E-state index is 0.0207. The van der Waals surface area contributed by atoms with Crippen molar-refractivity contribution in [3.63, 3.8) is 0 Å². The first kappa shape index (κ1) is 14.0. The number of nitrogens with two attached hydrogens (primary N) is 1. The lowest BCUT2D eigenvalue weighted by atomic mass is 9.99. The summed E-state index contributed by atoms with van der Waals surface area (Å²) in [6, 6.07) is 10.3. The Hall–Kier alpha value is -1.06. The average Bonchev–Trinajstić information content (AvgIpc) is 2.36. The summed E-state index contributed by atoms with van der Waals surface area (Å²) in [4.78, 5) is 2.27. The van der Waals surface area contributed by atoms with E-state index in [2.05, 4.69) is 24.0 Å². The average molecular weight is 236 g/mol. The summed E-state index contributed by atoms with van der Waals surface area (Å²) in [5, 5.41) is 0. The molecule has 3 heteroatoms. The third-order valence-electron chi connectivity index (χ3n) is 3.34. The lowest BCUT2D eigenvalue weighted by molar-refractivity contribution is 0.00261. The van der Waals surface area contributed by atoms with E-state index in [9.17, 15) is 0 Å². The Morgan fingerprint density at radius 1 is 1.29 bits per heavy atom. The molecule has 0 heterocycles. The minimum atomic E-state index is -0.303. The van der Waals surface area contributed by atoms with Crippen molar-refractivity contribution in [1.29, 1.82) is 0 Å². The summed E-state index contributed by atoms with van der Waals surface area (Å²) >= 11 is 0. The predicted molar refractivity (Wildman–Crippen MR) is 73.4 cm³/mol. The van der Waals surface area contributed by atoms with Gasteiger partial charge in [-0.05, 0) is 32.9 Å². The molecule has 0 saturated heterocycles. The van der Waals surface area contributed by atoms with Crippen LogP contribution in [0.5, 0.6) is 0 Å². The minimum Gasteiger partial charge on any atom is -0.377 e. The highest BCUT2D eigenvalue weighted by atomic mass is 16.5. The van der Waals surface area contributed by atoms with Crippen molar-refractivity contribution < 1.29 is 4.74 Å². The van der Waals surface area contributed by atoms with Gasteiger partial charge in [0.2, 0.25) is 0 Å². The van der Waals surface area contributed by atoms with E-state index in [4.69, 9.17) is 10.5 Å². The summed E-state index contributed by atoms with van der Waals surface area (Å²) in [5.41, 5.74) is 7.11. The Bertz CT molecular complexity index is 324. The first-order valence-electron chi connectivity index (χ1n) is 6.12. The van der Waals surface area contributed by atoms with Gasteiger partial charge in [-0.15, -0.1) is 0 Å². The second-order valence-corrected chi connectivity index (χ2v) is 4.79. The van der Waals surface area contributed by atoms with Crippen LogP contribution in [0, 0.1) is 0 Å². The summed E-state index contributed by atoms with van der Waals surface area (Å²) in [6.07, 6.45) is 0. The lowest BCUT2D eigenvalue weighted by Crippen LogP contribution is -2.51. The number of ether oxygens (including phenoxy) is 1. The Morgan fingerprint density at radius 2 is 1.88 bits per heavy atom. The van der Waals surface area contributed by atoms with Crippen LogP contribution in [0.15, 0.2) is 30.3 Å². The molecular weight excluding hydrogens is 212 g/mol. The molecule has 0 amide bonds. The van der Waals surface area contributed by atoms with E-state index in [0.717, 1.165) is 13.1 Å². The van der Waals surface area contributed by atoms with Crippen LogP contribution in [0.1, 0.15) is 20.8 Å². The predicted octanol–water partition coefficient (Wildman–Crippen LogP) is 2.27. The van der Waals surface area contributed by atoms with Crippen LogP contribution in [0.2, 0.25) is 0 Å². The standard InChI is InChI=1S/C14H24N2O/c1-5-16(12-9-7-6-8-10-12)11-13(15)14(2,3)17-4/h6-10,13H,5,11,15H2,1-4H3. The number of nitrogens with zero attached hydrogens (tertiary/aromatic N) is 1. The molecule has 0 aliphatic heterocycles. The van der Waals surface area contributed by atoms with E-state index in [0.29, 0.717) is 0 Å². The highest BCUT2D eigenvalue weighted by Gasteiger charge is 2.27. The fourth-order valence-corrected chi connectivity index (χ4v) is 1.66. The second-order valence-electron chi connectivity index (χ2n) is 4.79. The van der Waals surface area contributed by atoms with Gasteiger partial charge in [-0.3, -0.25) is 0 Å². The largest absolute Gasteiger partial charge is 0.377 e. The summed E-state index contributed by atoms with van der Waals surface area (Å²) in [6.45, 7) is 7.92. The number of likely N-dealkylation sites (N-methyl/N-ethyl adjacent to an activating group) is 1. The molecule has 1 aromatic carbocycles. The summed E-state index contributed by atoms with van der Waals surface area (Å²) in [7, 11) is 1.71. The molecule has 17 heavy (non-hydrogen) atoms. The molecule has 0 spiro atoms. The number of para-hydroxylation sites is 1. The Balaban J connectivity index is 2.71. The SMILES string of the molecule is CCN(CC(N)C(C)(C)OC)c1ccccc1. The molecule has 0 aliphatic carbocycles. The van der Waals surface area contributed by atoms with Crippen LogP contribution in [-0.4, -0.2) is 31.8 Å². The maximum absolute atomic E-state index is 6.21. The third kappa shape index (κ3) is 3.72. The molecule has 3 nitrogen and oxygen atoms in total. The van der Waals surface area contributed by atoms with Crippen molar-refractivity contribution in [3.05, 3.63) is 30.3 Å². The fourth-order valence-electron chi connectivity index (χ4n) is 1.66. The van der Waals surface area contributed by atoms with Crippen LogP contribution in [0.4, 0.5) is 5.69 Å². The van der Waals surface area contributed by atoms with E-state index in [1.807, 2.05) is 32.0 Å². The van der Waals surface area contributed by atoms with Crippen molar-refractivity contribution in [2.24, 2.45) is 5.73 Å². The Morgan fingerprint density at radius 3 is 2.35 bits per heavy atom. The Kier molecular flexibility index (Phi) is 4.97. The first-order valence-corrected chi connectivity index (χ1v) is 6.12. The van der Waals surface area contributed by atoms with E-state index in [1.165, 1.54) is 5.69 Å². The monoisotopic (exact) mass is 236 g/mol. The number of rotatable bonds is 6. The molecule has 1 atom stereocenters. The normalized spacial score (nSPS) is 13.5. The highest BCUT2D eigenvalue weighted by Crippen LogP contribution is 2.17. The van der Waals surface area contributed by atoms with Crippen LogP contribution in [-0.2, 0) is 4.74 Å². The number of anilines is 1. The van der Waals surface area contributed by atoms with Crippen LogP contribution in [0.25, 0.3) is 0 Å². The van der Waals surface area contributed by atoms with Crippen molar-refractivity contribution in [2.45, 2.75) is 32.4 Å². The maximum Gasteiger partial charge on any atom is 0.0790 e. The molecule has 1 unspecified atom stereocenters. The quantitative estimate of drug-likeness (QED) is 0.823. The van der Waals surface area contributed by atoms with Crippen LogP contribution in [0.3, 0.4) is 0 Å². The number of hydrogen-bond donors (Lipinski definition) is 1. The van der Waals surface area contributed by atoms with Gasteiger partial charge in [0, 0.05) is 25.9 Å². The summed E-state index contributed by atoms with van der Waals surface area (Å²) in [5.74, 6) is 0. The molecule has 1 aromatic rings. The van der Waals surface area contributed by atoms with Gasteiger partial charge in [0.1, 0.15) is 0 Å². The molecule has 0 saturated carbocycles. The first-order chi connectivity index (χ1) is 8.01. The van der Waals surface area contributed by atoms with E-state index in [1.54, 1.807) is 7.11 Å². The van der Waals surface area contributed by atoms with Gasteiger partial charge in [0.05, 0.1) is 11.6 Å². The molecular formula is C14H24N2O.